The molecule has 0 saturated heterocycles. The van der Waals surface area contributed by atoms with Gasteiger partial charge >= 0.3 is 0 Å². The van der Waals surface area contributed by atoms with Gasteiger partial charge in [-0.15, -0.1) is 0 Å². The minimum atomic E-state index is -0.278. The first-order valence-electron chi connectivity index (χ1n) is 10.2. The van der Waals surface area contributed by atoms with Crippen LogP contribution in [0.1, 0.15) is 24.0 Å². The highest BCUT2D eigenvalue weighted by molar-refractivity contribution is 7.16. The van der Waals surface area contributed by atoms with Crippen molar-refractivity contribution in [2.24, 2.45) is 0 Å². The van der Waals surface area contributed by atoms with Gasteiger partial charge in [0, 0.05) is 24.2 Å². The molecule has 2 aromatic heterocycles. The highest BCUT2D eigenvalue weighted by Crippen LogP contribution is 2.19. The number of para-hydroxylation sites is 1. The Labute approximate surface area is 188 Å². The number of rotatable bonds is 9. The predicted molar refractivity (Wildman–Crippen MR) is 122 cm³/mol. The van der Waals surface area contributed by atoms with Crippen molar-refractivity contribution in [2.45, 2.75) is 26.4 Å². The smallest absolute Gasteiger partial charge is 0.275 e. The fraction of sp³-hybridized carbons (Fsp3) is 0.217. The van der Waals surface area contributed by atoms with Crippen LogP contribution >= 0.6 is 11.3 Å². The number of carbonyl (C=O) groups is 1. The molecule has 0 aliphatic carbocycles. The molecule has 1 N–H and O–H groups in total. The van der Waals surface area contributed by atoms with Gasteiger partial charge in [-0.1, -0.05) is 42.5 Å². The molecular formula is C23H22N4O4S. The first kappa shape index (κ1) is 21.5. The van der Waals surface area contributed by atoms with Gasteiger partial charge in [0.1, 0.15) is 23.1 Å². The van der Waals surface area contributed by atoms with Crippen LogP contribution in [0.5, 0.6) is 11.5 Å². The van der Waals surface area contributed by atoms with Crippen molar-refractivity contribution in [1.82, 2.24) is 14.6 Å². The molecule has 0 atom stereocenters. The van der Waals surface area contributed by atoms with Crippen molar-refractivity contribution < 1.29 is 14.3 Å². The number of nitrogens with one attached hydrogen (secondary N) is 1. The lowest BCUT2D eigenvalue weighted by Crippen LogP contribution is -2.20. The minimum Gasteiger partial charge on any atom is -0.487 e. The van der Waals surface area contributed by atoms with Crippen LogP contribution in [0.3, 0.4) is 0 Å². The van der Waals surface area contributed by atoms with Crippen molar-refractivity contribution >= 4 is 27.9 Å². The summed E-state index contributed by atoms with van der Waals surface area (Å²) in [6, 6.07) is 17.6. The Balaban J connectivity index is 1.36. The number of fused-ring (bicyclic) bond motifs is 1. The van der Waals surface area contributed by atoms with Crippen molar-refractivity contribution in [3.05, 3.63) is 81.7 Å². The number of nitrogens with zero attached hydrogens (tertiary/aromatic N) is 3. The highest BCUT2D eigenvalue weighted by Gasteiger charge is 2.10. The van der Waals surface area contributed by atoms with E-state index < -0.39 is 0 Å². The van der Waals surface area contributed by atoms with E-state index in [0.717, 1.165) is 17.8 Å². The lowest BCUT2D eigenvalue weighted by atomic mass is 10.3. The summed E-state index contributed by atoms with van der Waals surface area (Å²) >= 11 is 1.41. The van der Waals surface area contributed by atoms with Crippen LogP contribution in [0.4, 0.5) is 5.69 Å². The predicted octanol–water partition coefficient (Wildman–Crippen LogP) is 3.70. The van der Waals surface area contributed by atoms with Gasteiger partial charge in [0.05, 0.1) is 5.69 Å². The van der Waals surface area contributed by atoms with Gasteiger partial charge in [-0.3, -0.25) is 9.59 Å². The number of amides is 1. The topological polar surface area (TPSA) is 94.8 Å². The lowest BCUT2D eigenvalue weighted by molar-refractivity contribution is -0.118. The zero-order chi connectivity index (χ0) is 22.3. The molecule has 0 fully saturated rings. The monoisotopic (exact) mass is 450 g/mol. The summed E-state index contributed by atoms with van der Waals surface area (Å²) in [6.45, 7) is 2.09. The average molecular weight is 451 g/mol. The largest absolute Gasteiger partial charge is 0.487 e. The summed E-state index contributed by atoms with van der Waals surface area (Å²) in [4.78, 5) is 29.5. The van der Waals surface area contributed by atoms with E-state index in [-0.39, 0.29) is 24.7 Å². The van der Waals surface area contributed by atoms with E-state index in [0.29, 0.717) is 27.8 Å². The van der Waals surface area contributed by atoms with E-state index in [1.54, 1.807) is 36.4 Å². The number of aromatic nitrogens is 3. The number of carbonyl (C=O) groups excluding carboxylic acids is 1. The second-order valence-electron chi connectivity index (χ2n) is 6.99. The highest BCUT2D eigenvalue weighted by atomic mass is 32.1. The molecule has 2 heterocycles. The fourth-order valence-corrected chi connectivity index (χ4v) is 3.99. The van der Waals surface area contributed by atoms with Gasteiger partial charge in [0.15, 0.2) is 6.61 Å². The van der Waals surface area contributed by atoms with Crippen molar-refractivity contribution in [3.8, 4) is 11.5 Å². The first-order valence-corrected chi connectivity index (χ1v) is 11.0. The van der Waals surface area contributed by atoms with E-state index in [2.05, 4.69) is 22.3 Å². The maximum atomic E-state index is 12.3. The Morgan fingerprint density at radius 2 is 1.88 bits per heavy atom. The molecule has 0 bridgehead atoms. The van der Waals surface area contributed by atoms with Crippen LogP contribution < -0.4 is 20.3 Å². The Morgan fingerprint density at radius 3 is 2.69 bits per heavy atom. The van der Waals surface area contributed by atoms with Gasteiger partial charge in [-0.25, -0.2) is 4.98 Å². The Kier molecular flexibility index (Phi) is 6.76. The second kappa shape index (κ2) is 10.1. The van der Waals surface area contributed by atoms with E-state index in [1.807, 2.05) is 18.2 Å². The van der Waals surface area contributed by atoms with Crippen LogP contribution in [0, 0.1) is 0 Å². The number of ether oxygens (including phenoxy) is 2. The average Bonchev–Trinajstić information content (AvgIpc) is 3.21. The van der Waals surface area contributed by atoms with Gasteiger partial charge in [-0.05, 0) is 30.7 Å². The van der Waals surface area contributed by atoms with Gasteiger partial charge in [0.2, 0.25) is 4.96 Å². The van der Waals surface area contributed by atoms with E-state index in [4.69, 9.17) is 9.47 Å². The van der Waals surface area contributed by atoms with Crippen LogP contribution in [0.15, 0.2) is 65.5 Å². The third-order valence-corrected chi connectivity index (χ3v) is 5.39. The fourth-order valence-electron chi connectivity index (χ4n) is 2.97. The molecule has 164 valence electrons. The first-order chi connectivity index (χ1) is 15.6. The van der Waals surface area contributed by atoms with Gasteiger partial charge in [-0.2, -0.15) is 9.61 Å². The summed E-state index contributed by atoms with van der Waals surface area (Å²) < 4.78 is 12.6. The maximum Gasteiger partial charge on any atom is 0.275 e. The van der Waals surface area contributed by atoms with E-state index in [9.17, 15) is 9.59 Å². The number of anilines is 1. The van der Waals surface area contributed by atoms with Crippen LogP contribution in [-0.4, -0.2) is 27.1 Å². The van der Waals surface area contributed by atoms with Crippen molar-refractivity contribution in [2.75, 3.05) is 11.9 Å². The number of aryl methyl sites for hydroxylation is 1. The zero-order valence-corrected chi connectivity index (χ0v) is 18.3. The minimum absolute atomic E-state index is 0.0994. The molecule has 0 saturated carbocycles. The third kappa shape index (κ3) is 5.50. The van der Waals surface area contributed by atoms with Crippen LogP contribution in [-0.2, 0) is 17.8 Å². The Morgan fingerprint density at radius 1 is 1.06 bits per heavy atom. The molecule has 8 nitrogen and oxygen atoms in total. The zero-order valence-electron chi connectivity index (χ0n) is 17.5. The molecular weight excluding hydrogens is 428 g/mol. The Bertz CT molecular complexity index is 1270. The van der Waals surface area contributed by atoms with Crippen LogP contribution in [0.25, 0.3) is 4.96 Å². The number of hydrogen-bond acceptors (Lipinski definition) is 7. The molecule has 4 rings (SSSR count). The summed E-state index contributed by atoms with van der Waals surface area (Å²) in [7, 11) is 0. The van der Waals surface area contributed by atoms with E-state index in [1.165, 1.54) is 21.9 Å². The Hall–Kier alpha value is -3.72. The summed E-state index contributed by atoms with van der Waals surface area (Å²) in [5.41, 5.74) is 0.873. The molecule has 0 aliphatic rings. The molecule has 0 spiro atoms. The SMILES string of the molecule is CCCc1nn2c(=O)cc(COc3cccc(NC(=O)COc4ccccc4)c3)nc2s1. The molecule has 0 aliphatic heterocycles. The van der Waals surface area contributed by atoms with Gasteiger partial charge < -0.3 is 14.8 Å². The lowest BCUT2D eigenvalue weighted by Gasteiger charge is -2.10. The molecule has 4 aromatic rings. The van der Waals surface area contributed by atoms with E-state index >= 15 is 0 Å². The molecule has 0 unspecified atom stereocenters. The summed E-state index contributed by atoms with van der Waals surface area (Å²) in [5.74, 6) is 0.895. The van der Waals surface area contributed by atoms with Crippen LogP contribution in [0.2, 0.25) is 0 Å². The second-order valence-corrected chi connectivity index (χ2v) is 8.03. The number of benzene rings is 2. The molecule has 2 aromatic carbocycles. The quantitative estimate of drug-likeness (QED) is 0.418. The molecule has 0 radical (unpaired) electrons. The summed E-state index contributed by atoms with van der Waals surface area (Å²) in [5, 5.41) is 7.97. The third-order valence-electron chi connectivity index (χ3n) is 4.42. The van der Waals surface area contributed by atoms with Crippen molar-refractivity contribution in [1.29, 1.82) is 0 Å². The molecule has 32 heavy (non-hydrogen) atoms. The standard InChI is InChI=1S/C23H22N4O4S/c1-2-7-21-26-27-22(29)13-17(25-23(27)32-21)14-30-19-11-6-8-16(12-19)24-20(28)15-31-18-9-4-3-5-10-18/h3-6,8-13H,2,7,14-15H2,1H3,(H,24,28). The molecule has 9 heteroatoms. The van der Waals surface area contributed by atoms with Gasteiger partial charge in [0.25, 0.3) is 11.5 Å². The molecule has 1 amide bonds. The van der Waals surface area contributed by atoms with Crippen molar-refractivity contribution in [3.63, 3.8) is 0 Å². The number of hydrogen-bond donors (Lipinski definition) is 1. The normalized spacial score (nSPS) is 10.8. The summed E-state index contributed by atoms with van der Waals surface area (Å²) in [6.07, 6.45) is 1.77. The maximum absolute atomic E-state index is 12.3.